The maximum Gasteiger partial charge on any atom is 0.333 e. The molecule has 0 aliphatic carbocycles. The van der Waals surface area contributed by atoms with Crippen molar-refractivity contribution in [3.8, 4) is 11.1 Å². The van der Waals surface area contributed by atoms with Crippen molar-refractivity contribution in [2.75, 3.05) is 0 Å². The van der Waals surface area contributed by atoms with E-state index in [4.69, 9.17) is 0 Å². The highest BCUT2D eigenvalue weighted by Crippen LogP contribution is 2.38. The third-order valence-electron chi connectivity index (χ3n) is 5.12. The molecule has 0 amide bonds. The van der Waals surface area contributed by atoms with Gasteiger partial charge in [-0.3, -0.25) is 14.0 Å². The molecule has 0 radical (unpaired) electrons. The first-order chi connectivity index (χ1) is 12.7. The van der Waals surface area contributed by atoms with Crippen LogP contribution in [-0.2, 0) is 7.05 Å². The van der Waals surface area contributed by atoms with Gasteiger partial charge < -0.3 is 0 Å². The average molecular weight is 339 g/mol. The summed E-state index contributed by atoms with van der Waals surface area (Å²) in [7, 11) is 1.83. The summed E-state index contributed by atoms with van der Waals surface area (Å²) in [5, 5.41) is 2.06. The molecule has 0 bridgehead atoms. The van der Waals surface area contributed by atoms with Crippen LogP contribution in [0, 0.1) is 6.92 Å². The second-order valence-electron chi connectivity index (χ2n) is 6.64. The zero-order valence-corrected chi connectivity index (χ0v) is 14.6. The van der Waals surface area contributed by atoms with Crippen molar-refractivity contribution in [2.24, 2.45) is 7.05 Å². The lowest BCUT2D eigenvalue weighted by atomic mass is 10.0. The van der Waals surface area contributed by atoms with Gasteiger partial charge in [-0.1, -0.05) is 48.5 Å². The highest BCUT2D eigenvalue weighted by atomic mass is 16.1. The van der Waals surface area contributed by atoms with E-state index in [0.29, 0.717) is 0 Å². The fourth-order valence-corrected chi connectivity index (χ4v) is 3.95. The first-order valence-corrected chi connectivity index (χ1v) is 8.60. The van der Waals surface area contributed by atoms with Crippen LogP contribution in [0.15, 0.2) is 71.8 Å². The summed E-state index contributed by atoms with van der Waals surface area (Å²) >= 11 is 0. The number of fused-ring (bicyclic) bond motifs is 5. The number of aryl methyl sites for hydroxylation is 2. The fourth-order valence-electron chi connectivity index (χ4n) is 3.95. The minimum absolute atomic E-state index is 0.0415. The van der Waals surface area contributed by atoms with Crippen LogP contribution in [0.2, 0.25) is 0 Å². The van der Waals surface area contributed by atoms with Crippen molar-refractivity contribution in [2.45, 2.75) is 6.92 Å². The molecule has 4 nitrogen and oxygen atoms in total. The molecule has 3 aromatic heterocycles. The standard InChI is InChI=1S/C22H17N3O/c1-14-12-23-13-17-19(15-8-4-3-5-9-15)21-16-10-6-7-11-18(16)24(2)22(26)25(21)20(14)17/h3-13H,1-2H3. The minimum Gasteiger partial charge on any atom is -0.296 e. The van der Waals surface area contributed by atoms with Crippen molar-refractivity contribution in [1.29, 1.82) is 0 Å². The van der Waals surface area contributed by atoms with Gasteiger partial charge >= 0.3 is 5.69 Å². The van der Waals surface area contributed by atoms with Crippen LogP contribution in [0.3, 0.4) is 0 Å². The van der Waals surface area contributed by atoms with Crippen LogP contribution in [0.4, 0.5) is 0 Å². The molecule has 4 heteroatoms. The predicted molar refractivity (Wildman–Crippen MR) is 106 cm³/mol. The molecule has 2 aromatic carbocycles. The van der Waals surface area contributed by atoms with Crippen LogP contribution in [0.5, 0.6) is 0 Å². The molecular weight excluding hydrogens is 322 g/mol. The van der Waals surface area contributed by atoms with E-state index in [1.807, 2.05) is 67.2 Å². The van der Waals surface area contributed by atoms with Gasteiger partial charge in [-0.25, -0.2) is 4.79 Å². The van der Waals surface area contributed by atoms with Crippen molar-refractivity contribution in [3.63, 3.8) is 0 Å². The van der Waals surface area contributed by atoms with Gasteiger partial charge in [-0.2, -0.15) is 0 Å². The number of para-hydroxylation sites is 1. The molecule has 5 aromatic rings. The Bertz CT molecular complexity index is 1360. The van der Waals surface area contributed by atoms with Gasteiger partial charge in [0.05, 0.1) is 16.6 Å². The van der Waals surface area contributed by atoms with Gasteiger partial charge in [0, 0.05) is 35.8 Å². The zero-order chi connectivity index (χ0) is 17.8. The SMILES string of the molecule is Cc1cncc2c(-c3ccccc3)c3c4ccccc4n(C)c(=O)n3c12. The Morgan fingerprint density at radius 2 is 1.58 bits per heavy atom. The first-order valence-electron chi connectivity index (χ1n) is 8.60. The van der Waals surface area contributed by atoms with E-state index in [9.17, 15) is 4.79 Å². The molecule has 0 atom stereocenters. The second-order valence-corrected chi connectivity index (χ2v) is 6.64. The smallest absolute Gasteiger partial charge is 0.296 e. The van der Waals surface area contributed by atoms with Gasteiger partial charge in [-0.15, -0.1) is 0 Å². The Kier molecular flexibility index (Phi) is 3.04. The van der Waals surface area contributed by atoms with Crippen LogP contribution in [0.25, 0.3) is 38.4 Å². The number of nitrogens with zero attached hydrogens (tertiary/aromatic N) is 3. The lowest BCUT2D eigenvalue weighted by molar-refractivity contribution is 0.837. The molecular formula is C22H17N3O. The van der Waals surface area contributed by atoms with E-state index in [-0.39, 0.29) is 5.69 Å². The molecule has 126 valence electrons. The van der Waals surface area contributed by atoms with Crippen LogP contribution < -0.4 is 5.69 Å². The summed E-state index contributed by atoms with van der Waals surface area (Å²) in [6, 6.07) is 18.3. The molecule has 3 heterocycles. The fraction of sp³-hybridized carbons (Fsp3) is 0.0909. The maximum atomic E-state index is 13.3. The van der Waals surface area contributed by atoms with Crippen molar-refractivity contribution in [1.82, 2.24) is 14.0 Å². The predicted octanol–water partition coefficient (Wildman–Crippen LogP) is 4.31. The van der Waals surface area contributed by atoms with Crippen molar-refractivity contribution in [3.05, 3.63) is 83.0 Å². The summed E-state index contributed by atoms with van der Waals surface area (Å²) < 4.78 is 3.56. The molecule has 0 spiro atoms. The third kappa shape index (κ3) is 1.84. The maximum absolute atomic E-state index is 13.3. The summed E-state index contributed by atoms with van der Waals surface area (Å²) in [5.41, 5.74) is 5.90. The van der Waals surface area contributed by atoms with Gasteiger partial charge in [0.25, 0.3) is 0 Å². The molecule has 0 saturated heterocycles. The minimum atomic E-state index is -0.0415. The number of hydrogen-bond acceptors (Lipinski definition) is 2. The number of hydrogen-bond donors (Lipinski definition) is 0. The average Bonchev–Trinajstić information content (AvgIpc) is 3.03. The second kappa shape index (κ2) is 5.30. The third-order valence-corrected chi connectivity index (χ3v) is 5.12. The lowest BCUT2D eigenvalue weighted by Gasteiger charge is -2.10. The molecule has 5 rings (SSSR count). The van der Waals surface area contributed by atoms with E-state index >= 15 is 0 Å². The molecule has 0 unspecified atom stereocenters. The Balaban J connectivity index is 2.20. The van der Waals surface area contributed by atoms with Gasteiger partial charge in [-0.05, 0) is 24.1 Å². The van der Waals surface area contributed by atoms with E-state index < -0.39 is 0 Å². The van der Waals surface area contributed by atoms with Crippen LogP contribution >= 0.6 is 0 Å². The number of pyridine rings is 1. The lowest BCUT2D eigenvalue weighted by Crippen LogP contribution is -2.24. The molecule has 0 aliphatic heterocycles. The number of aromatic nitrogens is 3. The molecule has 26 heavy (non-hydrogen) atoms. The molecule has 0 fully saturated rings. The monoisotopic (exact) mass is 339 g/mol. The number of rotatable bonds is 1. The Morgan fingerprint density at radius 1 is 0.846 bits per heavy atom. The van der Waals surface area contributed by atoms with Crippen molar-refractivity contribution >= 4 is 27.3 Å². The number of benzene rings is 2. The topological polar surface area (TPSA) is 39.3 Å². The molecule has 0 aliphatic rings. The summed E-state index contributed by atoms with van der Waals surface area (Å²) in [6.07, 6.45) is 3.68. The van der Waals surface area contributed by atoms with E-state index in [2.05, 4.69) is 23.2 Å². The highest BCUT2D eigenvalue weighted by Gasteiger charge is 2.20. The van der Waals surface area contributed by atoms with E-state index in [1.165, 1.54) is 0 Å². The quantitative estimate of drug-likeness (QED) is 0.456. The normalized spacial score (nSPS) is 11.6. The molecule has 0 N–H and O–H groups in total. The molecule has 0 saturated carbocycles. The van der Waals surface area contributed by atoms with Crippen molar-refractivity contribution < 1.29 is 0 Å². The first kappa shape index (κ1) is 14.9. The van der Waals surface area contributed by atoms with Gasteiger partial charge in [0.2, 0.25) is 0 Å². The largest absolute Gasteiger partial charge is 0.333 e. The Labute approximate surface area is 150 Å². The van der Waals surface area contributed by atoms with Gasteiger partial charge in [0.15, 0.2) is 0 Å². The van der Waals surface area contributed by atoms with E-state index in [0.717, 1.165) is 44.0 Å². The van der Waals surface area contributed by atoms with Crippen LogP contribution in [0.1, 0.15) is 5.56 Å². The highest BCUT2D eigenvalue weighted by molar-refractivity contribution is 6.14. The summed E-state index contributed by atoms with van der Waals surface area (Å²) in [4.78, 5) is 17.7. The zero-order valence-electron chi connectivity index (χ0n) is 14.6. The Morgan fingerprint density at radius 3 is 2.38 bits per heavy atom. The summed E-state index contributed by atoms with van der Waals surface area (Å²) in [6.45, 7) is 2.01. The summed E-state index contributed by atoms with van der Waals surface area (Å²) in [5.74, 6) is 0. The van der Waals surface area contributed by atoms with Crippen LogP contribution in [-0.4, -0.2) is 14.0 Å². The van der Waals surface area contributed by atoms with Gasteiger partial charge in [0.1, 0.15) is 0 Å². The Hall–Kier alpha value is -3.40. The van der Waals surface area contributed by atoms with E-state index in [1.54, 1.807) is 4.57 Å².